The maximum Gasteiger partial charge on any atom is 0.167 e. The lowest BCUT2D eigenvalue weighted by molar-refractivity contribution is 0.169. The number of benzene rings is 1. The Labute approximate surface area is 76.2 Å². The van der Waals surface area contributed by atoms with Crippen LogP contribution in [-0.2, 0) is 4.74 Å². The van der Waals surface area contributed by atoms with Crippen LogP contribution in [0.5, 0.6) is 11.5 Å². The Morgan fingerprint density at radius 3 is 2.85 bits per heavy atom. The summed E-state index contributed by atoms with van der Waals surface area (Å²) in [6.45, 7) is 2.08. The molecule has 2 heterocycles. The summed E-state index contributed by atoms with van der Waals surface area (Å²) in [5.74, 6) is 1.72. The zero-order valence-electron chi connectivity index (χ0n) is 7.16. The van der Waals surface area contributed by atoms with E-state index in [2.05, 4.69) is 0 Å². The normalized spacial score (nSPS) is 24.2. The van der Waals surface area contributed by atoms with Crippen LogP contribution >= 0.6 is 0 Å². The van der Waals surface area contributed by atoms with Crippen LogP contribution in [0, 0.1) is 0 Å². The molecule has 2 aliphatic heterocycles. The van der Waals surface area contributed by atoms with Crippen molar-refractivity contribution in [3.63, 3.8) is 0 Å². The molecule has 3 nitrogen and oxygen atoms in total. The van der Waals surface area contributed by atoms with E-state index in [0.717, 1.165) is 23.7 Å². The standard InChI is InChI=1S/C10H10O3/c1-2-7(9-6-13-9)10-8(3-1)11-4-5-12-10/h1-3,9H,4-6H2/t9-/m0/s1. The van der Waals surface area contributed by atoms with Crippen molar-refractivity contribution in [1.29, 1.82) is 0 Å². The van der Waals surface area contributed by atoms with Gasteiger partial charge in [-0.3, -0.25) is 0 Å². The zero-order chi connectivity index (χ0) is 8.67. The van der Waals surface area contributed by atoms with E-state index in [4.69, 9.17) is 14.2 Å². The van der Waals surface area contributed by atoms with Crippen LogP contribution < -0.4 is 9.47 Å². The number of ether oxygens (including phenoxy) is 3. The third-order valence-corrected chi connectivity index (χ3v) is 2.28. The minimum Gasteiger partial charge on any atom is -0.486 e. The topological polar surface area (TPSA) is 31.0 Å². The minimum atomic E-state index is 0.233. The zero-order valence-corrected chi connectivity index (χ0v) is 7.16. The predicted molar refractivity (Wildman–Crippen MR) is 46.1 cm³/mol. The van der Waals surface area contributed by atoms with Gasteiger partial charge in [-0.25, -0.2) is 0 Å². The van der Waals surface area contributed by atoms with Crippen molar-refractivity contribution in [3.8, 4) is 11.5 Å². The number of fused-ring (bicyclic) bond motifs is 1. The maximum absolute atomic E-state index is 5.55. The molecule has 0 saturated carbocycles. The van der Waals surface area contributed by atoms with Crippen LogP contribution in [0.15, 0.2) is 18.2 Å². The monoisotopic (exact) mass is 178 g/mol. The fraction of sp³-hybridized carbons (Fsp3) is 0.400. The second kappa shape index (κ2) is 2.64. The van der Waals surface area contributed by atoms with Gasteiger partial charge < -0.3 is 14.2 Å². The highest BCUT2D eigenvalue weighted by atomic mass is 16.6. The molecule has 68 valence electrons. The molecule has 0 amide bonds. The van der Waals surface area contributed by atoms with Gasteiger partial charge in [-0.1, -0.05) is 12.1 Å². The fourth-order valence-electron chi connectivity index (χ4n) is 1.58. The molecule has 3 rings (SSSR count). The number of rotatable bonds is 1. The molecule has 1 aromatic carbocycles. The van der Waals surface area contributed by atoms with E-state index in [0.29, 0.717) is 13.2 Å². The van der Waals surface area contributed by atoms with Crippen LogP contribution in [0.1, 0.15) is 11.7 Å². The lowest BCUT2D eigenvalue weighted by atomic mass is 10.1. The van der Waals surface area contributed by atoms with E-state index in [1.165, 1.54) is 0 Å². The minimum absolute atomic E-state index is 0.233. The molecule has 1 aromatic rings. The van der Waals surface area contributed by atoms with Gasteiger partial charge in [0.15, 0.2) is 11.5 Å². The lowest BCUT2D eigenvalue weighted by Crippen LogP contribution is -2.16. The highest BCUT2D eigenvalue weighted by molar-refractivity contribution is 5.49. The number of hydrogen-bond donors (Lipinski definition) is 0. The van der Waals surface area contributed by atoms with Crippen LogP contribution in [-0.4, -0.2) is 19.8 Å². The number of para-hydroxylation sites is 1. The van der Waals surface area contributed by atoms with Crippen molar-refractivity contribution in [2.75, 3.05) is 19.8 Å². The van der Waals surface area contributed by atoms with Gasteiger partial charge in [0.1, 0.15) is 19.3 Å². The highest BCUT2D eigenvalue weighted by Gasteiger charge is 2.30. The van der Waals surface area contributed by atoms with Crippen molar-refractivity contribution in [2.24, 2.45) is 0 Å². The summed E-state index contributed by atoms with van der Waals surface area (Å²) in [6, 6.07) is 5.94. The highest BCUT2D eigenvalue weighted by Crippen LogP contribution is 2.42. The fourth-order valence-corrected chi connectivity index (χ4v) is 1.58. The molecule has 0 aliphatic carbocycles. The summed E-state index contributed by atoms with van der Waals surface area (Å²) in [6.07, 6.45) is 0.233. The summed E-state index contributed by atoms with van der Waals surface area (Å²) in [5, 5.41) is 0. The Bertz CT molecular complexity index is 331. The SMILES string of the molecule is c1cc2c(c([C@@H]3CO3)c1)OCCO2. The van der Waals surface area contributed by atoms with Crippen molar-refractivity contribution < 1.29 is 14.2 Å². The van der Waals surface area contributed by atoms with Gasteiger partial charge in [0.2, 0.25) is 0 Å². The lowest BCUT2D eigenvalue weighted by Gasteiger charge is -2.20. The van der Waals surface area contributed by atoms with Gasteiger partial charge in [0, 0.05) is 5.56 Å². The largest absolute Gasteiger partial charge is 0.486 e. The summed E-state index contributed by atoms with van der Waals surface area (Å²) in [4.78, 5) is 0. The molecule has 0 N–H and O–H groups in total. The van der Waals surface area contributed by atoms with E-state index in [9.17, 15) is 0 Å². The smallest absolute Gasteiger partial charge is 0.167 e. The molecular weight excluding hydrogens is 168 g/mol. The third kappa shape index (κ3) is 1.16. The molecule has 1 saturated heterocycles. The molecule has 2 aliphatic rings. The van der Waals surface area contributed by atoms with Crippen molar-refractivity contribution >= 4 is 0 Å². The molecule has 0 spiro atoms. The van der Waals surface area contributed by atoms with Crippen molar-refractivity contribution in [3.05, 3.63) is 23.8 Å². The summed E-state index contributed by atoms with van der Waals surface area (Å²) in [7, 11) is 0. The van der Waals surface area contributed by atoms with Crippen LogP contribution in [0.3, 0.4) is 0 Å². The van der Waals surface area contributed by atoms with Crippen molar-refractivity contribution in [2.45, 2.75) is 6.10 Å². The molecule has 0 aromatic heterocycles. The summed E-state index contributed by atoms with van der Waals surface area (Å²) < 4.78 is 16.2. The Morgan fingerprint density at radius 2 is 2.00 bits per heavy atom. The summed E-state index contributed by atoms with van der Waals surface area (Å²) >= 11 is 0. The molecule has 0 bridgehead atoms. The second-order valence-corrected chi connectivity index (χ2v) is 3.19. The van der Waals surface area contributed by atoms with Gasteiger partial charge >= 0.3 is 0 Å². The van der Waals surface area contributed by atoms with Gasteiger partial charge in [-0.15, -0.1) is 0 Å². The van der Waals surface area contributed by atoms with E-state index in [1.54, 1.807) is 0 Å². The van der Waals surface area contributed by atoms with Crippen LogP contribution in [0.25, 0.3) is 0 Å². The molecule has 13 heavy (non-hydrogen) atoms. The number of epoxide rings is 1. The van der Waals surface area contributed by atoms with Crippen LogP contribution in [0.2, 0.25) is 0 Å². The Balaban J connectivity index is 2.07. The number of hydrogen-bond acceptors (Lipinski definition) is 3. The molecular formula is C10H10O3. The Morgan fingerprint density at radius 1 is 1.15 bits per heavy atom. The van der Waals surface area contributed by atoms with Crippen molar-refractivity contribution in [1.82, 2.24) is 0 Å². The van der Waals surface area contributed by atoms with E-state index < -0.39 is 0 Å². The van der Waals surface area contributed by atoms with E-state index in [-0.39, 0.29) is 6.10 Å². The molecule has 0 unspecified atom stereocenters. The Kier molecular flexibility index (Phi) is 1.46. The van der Waals surface area contributed by atoms with Gasteiger partial charge in [-0.05, 0) is 6.07 Å². The molecule has 3 heteroatoms. The maximum atomic E-state index is 5.55. The summed E-state index contributed by atoms with van der Waals surface area (Å²) in [5.41, 5.74) is 1.12. The van der Waals surface area contributed by atoms with Gasteiger partial charge in [0.25, 0.3) is 0 Å². The first-order chi connectivity index (χ1) is 6.45. The predicted octanol–water partition coefficient (Wildman–Crippen LogP) is 1.53. The average Bonchev–Trinajstić information content (AvgIpc) is 3.00. The third-order valence-electron chi connectivity index (χ3n) is 2.28. The van der Waals surface area contributed by atoms with E-state index >= 15 is 0 Å². The van der Waals surface area contributed by atoms with E-state index in [1.807, 2.05) is 18.2 Å². The Hall–Kier alpha value is -1.22. The average molecular weight is 178 g/mol. The quantitative estimate of drug-likeness (QED) is 0.611. The van der Waals surface area contributed by atoms with Crippen LogP contribution in [0.4, 0.5) is 0 Å². The second-order valence-electron chi connectivity index (χ2n) is 3.19. The first-order valence-electron chi connectivity index (χ1n) is 4.45. The first-order valence-corrected chi connectivity index (χ1v) is 4.45. The molecule has 0 radical (unpaired) electrons. The first kappa shape index (κ1) is 7.21. The molecule has 1 atom stereocenters. The van der Waals surface area contributed by atoms with Gasteiger partial charge in [0.05, 0.1) is 6.61 Å². The van der Waals surface area contributed by atoms with Gasteiger partial charge in [-0.2, -0.15) is 0 Å². The molecule has 1 fully saturated rings.